The Kier molecular flexibility index (Phi) is 7.33. The standard InChI is InChI=1S/C25H29N3O5S/c1-33-22-13-12-21(17-23(22)34(31,32)28-15-3-2-4-16-28)26-24(29)14-7-18-5-8-19(9-6-18)25(30)27-20-10-11-20/h5-9,12-14,17,20H,2-4,10-11,15-16H2,1H3,(H,26,29)(H,27,30)/b14-7+. The van der Waals surface area contributed by atoms with Crippen LogP contribution in [-0.4, -0.2) is 50.8 Å². The van der Waals surface area contributed by atoms with E-state index >= 15 is 0 Å². The van der Waals surface area contributed by atoms with Gasteiger partial charge in [-0.05, 0) is 67.7 Å². The summed E-state index contributed by atoms with van der Waals surface area (Å²) in [6.45, 7) is 0.956. The molecule has 2 aliphatic rings. The van der Waals surface area contributed by atoms with Gasteiger partial charge in [0.15, 0.2) is 0 Å². The number of carbonyl (C=O) groups is 2. The fraction of sp³-hybridized carbons (Fsp3) is 0.360. The van der Waals surface area contributed by atoms with Crippen molar-refractivity contribution < 1.29 is 22.7 Å². The first kappa shape index (κ1) is 24.0. The third kappa shape index (κ3) is 5.84. The molecule has 2 fully saturated rings. The predicted octanol–water partition coefficient (Wildman–Crippen LogP) is 3.41. The largest absolute Gasteiger partial charge is 0.495 e. The van der Waals surface area contributed by atoms with E-state index < -0.39 is 15.9 Å². The molecule has 0 aromatic heterocycles. The Hall–Kier alpha value is -3.17. The van der Waals surface area contributed by atoms with Crippen LogP contribution in [0.2, 0.25) is 0 Å². The summed E-state index contributed by atoms with van der Waals surface area (Å²) in [5, 5.41) is 5.64. The van der Waals surface area contributed by atoms with Crippen LogP contribution >= 0.6 is 0 Å². The molecular weight excluding hydrogens is 454 g/mol. The van der Waals surface area contributed by atoms with Gasteiger partial charge in [-0.25, -0.2) is 8.42 Å². The Balaban J connectivity index is 1.42. The summed E-state index contributed by atoms with van der Waals surface area (Å²) in [7, 11) is -2.30. The molecule has 1 saturated heterocycles. The number of rotatable bonds is 8. The second-order valence-corrected chi connectivity index (χ2v) is 10.4. The third-order valence-electron chi connectivity index (χ3n) is 5.88. The van der Waals surface area contributed by atoms with Crippen LogP contribution in [0.1, 0.15) is 48.0 Å². The average Bonchev–Trinajstić information content (AvgIpc) is 3.67. The van der Waals surface area contributed by atoms with Crippen molar-refractivity contribution in [3.8, 4) is 5.75 Å². The van der Waals surface area contributed by atoms with Crippen molar-refractivity contribution >= 4 is 33.6 Å². The predicted molar refractivity (Wildman–Crippen MR) is 130 cm³/mol. The molecule has 1 aliphatic heterocycles. The lowest BCUT2D eigenvalue weighted by molar-refractivity contribution is -0.111. The normalized spacial score (nSPS) is 16.9. The number of hydrogen-bond acceptors (Lipinski definition) is 5. The SMILES string of the molecule is COc1ccc(NC(=O)/C=C/c2ccc(C(=O)NC3CC3)cc2)cc1S(=O)(=O)N1CCCCC1. The topological polar surface area (TPSA) is 105 Å². The van der Waals surface area contributed by atoms with Crippen molar-refractivity contribution in [2.75, 3.05) is 25.5 Å². The van der Waals surface area contributed by atoms with E-state index in [4.69, 9.17) is 4.74 Å². The van der Waals surface area contributed by atoms with Gasteiger partial charge in [0.2, 0.25) is 15.9 Å². The van der Waals surface area contributed by atoms with Gasteiger partial charge in [0, 0.05) is 36.5 Å². The molecular formula is C25H29N3O5S. The second kappa shape index (κ2) is 10.4. The number of nitrogens with one attached hydrogen (secondary N) is 2. The van der Waals surface area contributed by atoms with Gasteiger partial charge in [-0.1, -0.05) is 18.6 Å². The first-order valence-electron chi connectivity index (χ1n) is 11.4. The molecule has 0 spiro atoms. The molecule has 2 amide bonds. The van der Waals surface area contributed by atoms with Crippen LogP contribution in [0.3, 0.4) is 0 Å². The summed E-state index contributed by atoms with van der Waals surface area (Å²) >= 11 is 0. The van der Waals surface area contributed by atoms with Gasteiger partial charge in [0.1, 0.15) is 10.6 Å². The highest BCUT2D eigenvalue weighted by atomic mass is 32.2. The van der Waals surface area contributed by atoms with Gasteiger partial charge in [-0.2, -0.15) is 4.31 Å². The van der Waals surface area contributed by atoms with Crippen LogP contribution in [0, 0.1) is 0 Å². The molecule has 1 heterocycles. The smallest absolute Gasteiger partial charge is 0.251 e. The molecule has 4 rings (SSSR count). The Bertz CT molecular complexity index is 1180. The average molecular weight is 484 g/mol. The fourth-order valence-electron chi connectivity index (χ4n) is 3.80. The molecule has 8 nitrogen and oxygen atoms in total. The summed E-state index contributed by atoms with van der Waals surface area (Å²) in [5.41, 5.74) is 1.70. The van der Waals surface area contributed by atoms with Crippen molar-refractivity contribution in [2.24, 2.45) is 0 Å². The number of nitrogens with zero attached hydrogens (tertiary/aromatic N) is 1. The summed E-state index contributed by atoms with van der Waals surface area (Å²) < 4.78 is 33.0. The first-order chi connectivity index (χ1) is 16.4. The van der Waals surface area contributed by atoms with Crippen LogP contribution in [-0.2, 0) is 14.8 Å². The van der Waals surface area contributed by atoms with Gasteiger partial charge < -0.3 is 15.4 Å². The van der Waals surface area contributed by atoms with Crippen LogP contribution in [0.15, 0.2) is 53.4 Å². The highest BCUT2D eigenvalue weighted by Crippen LogP contribution is 2.31. The summed E-state index contributed by atoms with van der Waals surface area (Å²) in [6.07, 6.45) is 7.73. The monoisotopic (exact) mass is 483 g/mol. The minimum atomic E-state index is -3.73. The van der Waals surface area contributed by atoms with Crippen molar-refractivity contribution in [3.05, 3.63) is 59.7 Å². The Morgan fingerprint density at radius 2 is 1.74 bits per heavy atom. The lowest BCUT2D eigenvalue weighted by atomic mass is 10.1. The number of methoxy groups -OCH3 is 1. The van der Waals surface area contributed by atoms with Crippen LogP contribution in [0.5, 0.6) is 5.75 Å². The number of anilines is 1. The zero-order chi connectivity index (χ0) is 24.1. The van der Waals surface area contributed by atoms with Crippen molar-refractivity contribution in [3.63, 3.8) is 0 Å². The Morgan fingerprint density at radius 3 is 2.38 bits per heavy atom. The highest BCUT2D eigenvalue weighted by Gasteiger charge is 2.29. The lowest BCUT2D eigenvalue weighted by Crippen LogP contribution is -2.35. The van der Waals surface area contributed by atoms with E-state index in [0.29, 0.717) is 30.4 Å². The van der Waals surface area contributed by atoms with Crippen LogP contribution < -0.4 is 15.4 Å². The molecule has 180 valence electrons. The number of sulfonamides is 1. The molecule has 2 N–H and O–H groups in total. The minimum Gasteiger partial charge on any atom is -0.495 e. The van der Waals surface area contributed by atoms with Gasteiger partial charge in [0.25, 0.3) is 5.91 Å². The highest BCUT2D eigenvalue weighted by molar-refractivity contribution is 7.89. The van der Waals surface area contributed by atoms with Crippen LogP contribution in [0.25, 0.3) is 6.08 Å². The Morgan fingerprint density at radius 1 is 1.03 bits per heavy atom. The molecule has 9 heteroatoms. The van der Waals surface area contributed by atoms with Crippen LogP contribution in [0.4, 0.5) is 5.69 Å². The maximum absolute atomic E-state index is 13.1. The van der Waals surface area contributed by atoms with Gasteiger partial charge in [-0.15, -0.1) is 0 Å². The van der Waals surface area contributed by atoms with Gasteiger partial charge in [-0.3, -0.25) is 9.59 Å². The van der Waals surface area contributed by atoms with E-state index in [-0.39, 0.29) is 16.6 Å². The fourth-order valence-corrected chi connectivity index (χ4v) is 5.50. The molecule has 0 bridgehead atoms. The summed E-state index contributed by atoms with van der Waals surface area (Å²) in [6, 6.07) is 11.8. The number of piperidine rings is 1. The third-order valence-corrected chi connectivity index (χ3v) is 7.80. The quantitative estimate of drug-likeness (QED) is 0.560. The Labute approximate surface area is 200 Å². The van der Waals surface area contributed by atoms with E-state index in [1.54, 1.807) is 42.5 Å². The van der Waals surface area contributed by atoms with E-state index in [9.17, 15) is 18.0 Å². The van der Waals surface area contributed by atoms with Crippen molar-refractivity contribution in [1.82, 2.24) is 9.62 Å². The molecule has 0 radical (unpaired) electrons. The van der Waals surface area contributed by atoms with E-state index in [1.807, 2.05) is 0 Å². The second-order valence-electron chi connectivity index (χ2n) is 8.52. The molecule has 1 saturated carbocycles. The maximum atomic E-state index is 13.1. The summed E-state index contributed by atoms with van der Waals surface area (Å²) in [4.78, 5) is 24.6. The zero-order valence-corrected chi connectivity index (χ0v) is 19.9. The van der Waals surface area contributed by atoms with E-state index in [0.717, 1.165) is 37.7 Å². The van der Waals surface area contributed by atoms with E-state index in [1.165, 1.54) is 23.6 Å². The van der Waals surface area contributed by atoms with Crippen molar-refractivity contribution in [1.29, 1.82) is 0 Å². The minimum absolute atomic E-state index is 0.0405. The molecule has 0 atom stereocenters. The maximum Gasteiger partial charge on any atom is 0.251 e. The van der Waals surface area contributed by atoms with Crippen molar-refractivity contribution in [2.45, 2.75) is 43.0 Å². The number of benzene rings is 2. The molecule has 2 aromatic rings. The number of amides is 2. The molecule has 1 aliphatic carbocycles. The number of hydrogen-bond donors (Lipinski definition) is 2. The van der Waals surface area contributed by atoms with E-state index in [2.05, 4.69) is 10.6 Å². The molecule has 34 heavy (non-hydrogen) atoms. The molecule has 2 aromatic carbocycles. The number of ether oxygens (including phenoxy) is 1. The van der Waals surface area contributed by atoms with Gasteiger partial charge >= 0.3 is 0 Å². The summed E-state index contributed by atoms with van der Waals surface area (Å²) in [5.74, 6) is -0.252. The lowest BCUT2D eigenvalue weighted by Gasteiger charge is -2.26. The molecule has 0 unspecified atom stereocenters. The first-order valence-corrected chi connectivity index (χ1v) is 12.9. The number of carbonyl (C=O) groups excluding carboxylic acids is 2. The van der Waals surface area contributed by atoms with Gasteiger partial charge in [0.05, 0.1) is 7.11 Å². The zero-order valence-electron chi connectivity index (χ0n) is 19.1.